The van der Waals surface area contributed by atoms with Crippen LogP contribution in [-0.2, 0) is 10.3 Å². The Hall–Kier alpha value is -1.06. The normalized spacial score (nSPS) is 37.8. The van der Waals surface area contributed by atoms with Crippen molar-refractivity contribution in [1.82, 2.24) is 5.06 Å². The largest absolute Gasteiger partial charge is 0.496 e. The Labute approximate surface area is 134 Å². The summed E-state index contributed by atoms with van der Waals surface area (Å²) in [5, 5.41) is 2.11. The van der Waals surface area contributed by atoms with E-state index in [0.29, 0.717) is 17.9 Å². The second-order valence-electron chi connectivity index (χ2n) is 7.98. The molecule has 1 aliphatic heterocycles. The van der Waals surface area contributed by atoms with Gasteiger partial charge >= 0.3 is 0 Å². The quantitative estimate of drug-likeness (QED) is 0.823. The summed E-state index contributed by atoms with van der Waals surface area (Å²) in [5.74, 6) is 2.15. The van der Waals surface area contributed by atoms with Gasteiger partial charge in [0.1, 0.15) is 5.75 Å². The van der Waals surface area contributed by atoms with Crippen LogP contribution in [0.1, 0.15) is 46.1 Å². The van der Waals surface area contributed by atoms with Crippen LogP contribution in [0.25, 0.3) is 0 Å². The van der Waals surface area contributed by atoms with Crippen molar-refractivity contribution in [2.24, 2.45) is 11.8 Å². The summed E-state index contributed by atoms with van der Waals surface area (Å²) in [6, 6.07) is 9.01. The highest BCUT2D eigenvalue weighted by atomic mass is 16.7. The molecule has 122 valence electrons. The van der Waals surface area contributed by atoms with Crippen LogP contribution < -0.4 is 4.74 Å². The lowest BCUT2D eigenvalue weighted by atomic mass is 9.59. The van der Waals surface area contributed by atoms with E-state index in [1.54, 1.807) is 7.11 Å². The Morgan fingerprint density at radius 3 is 2.55 bits per heavy atom. The first-order valence-electron chi connectivity index (χ1n) is 8.34. The van der Waals surface area contributed by atoms with Crippen molar-refractivity contribution in [3.8, 4) is 5.75 Å². The Balaban J connectivity index is 2.00. The number of methoxy groups -OCH3 is 1. The lowest BCUT2D eigenvalue weighted by Gasteiger charge is -2.46. The maximum absolute atomic E-state index is 6.15. The summed E-state index contributed by atoms with van der Waals surface area (Å²) in [7, 11) is 3.86. The topological polar surface area (TPSA) is 21.7 Å². The maximum atomic E-state index is 6.15. The molecule has 1 aromatic carbocycles. The molecule has 0 unspecified atom stereocenters. The fraction of sp³-hybridized carbons (Fsp3) is 0.684. The fourth-order valence-corrected chi connectivity index (χ4v) is 5.05. The number of rotatable bonds is 2. The Morgan fingerprint density at radius 1 is 1.18 bits per heavy atom. The van der Waals surface area contributed by atoms with Crippen LogP contribution in [-0.4, -0.2) is 30.9 Å². The molecular weight excluding hydrogens is 274 g/mol. The molecule has 1 heterocycles. The van der Waals surface area contributed by atoms with Gasteiger partial charge in [0, 0.05) is 24.6 Å². The lowest BCUT2D eigenvalue weighted by molar-refractivity contribution is -0.182. The van der Waals surface area contributed by atoms with Gasteiger partial charge in [-0.1, -0.05) is 32.0 Å². The molecule has 0 bridgehead atoms. The van der Waals surface area contributed by atoms with Gasteiger partial charge in [-0.2, -0.15) is 5.06 Å². The van der Waals surface area contributed by atoms with Gasteiger partial charge in [0.2, 0.25) is 0 Å². The number of ether oxygens (including phenoxy) is 1. The van der Waals surface area contributed by atoms with Gasteiger partial charge in [0.15, 0.2) is 0 Å². The van der Waals surface area contributed by atoms with E-state index in [0.717, 1.165) is 12.2 Å². The van der Waals surface area contributed by atoms with Crippen molar-refractivity contribution >= 4 is 0 Å². The number of hydroxylamine groups is 2. The van der Waals surface area contributed by atoms with Crippen LogP contribution in [0.3, 0.4) is 0 Å². The first kappa shape index (κ1) is 15.8. The highest BCUT2D eigenvalue weighted by Gasteiger charge is 2.55. The van der Waals surface area contributed by atoms with Gasteiger partial charge in [-0.25, -0.2) is 0 Å². The van der Waals surface area contributed by atoms with E-state index >= 15 is 0 Å². The van der Waals surface area contributed by atoms with Gasteiger partial charge in [-0.05, 0) is 44.1 Å². The summed E-state index contributed by atoms with van der Waals surface area (Å²) < 4.78 is 5.64. The molecule has 0 amide bonds. The molecule has 1 aliphatic carbocycles. The minimum absolute atomic E-state index is 0.0998. The second kappa shape index (κ2) is 5.24. The van der Waals surface area contributed by atoms with E-state index in [9.17, 15) is 0 Å². The Bertz CT molecular complexity index is 556. The van der Waals surface area contributed by atoms with E-state index in [2.05, 4.69) is 64.1 Å². The average molecular weight is 303 g/mol. The van der Waals surface area contributed by atoms with Crippen LogP contribution in [0.5, 0.6) is 5.75 Å². The average Bonchev–Trinajstić information content (AvgIpc) is 2.68. The van der Waals surface area contributed by atoms with E-state index in [1.807, 2.05) is 0 Å². The van der Waals surface area contributed by atoms with Crippen molar-refractivity contribution in [1.29, 1.82) is 0 Å². The zero-order valence-corrected chi connectivity index (χ0v) is 14.7. The molecule has 22 heavy (non-hydrogen) atoms. The highest BCUT2D eigenvalue weighted by Crippen LogP contribution is 2.54. The smallest absolute Gasteiger partial charge is 0.122 e. The molecule has 3 heteroatoms. The molecular formula is C19H29NO2. The molecule has 0 aromatic heterocycles. The van der Waals surface area contributed by atoms with E-state index in [-0.39, 0.29) is 11.0 Å². The van der Waals surface area contributed by atoms with Crippen molar-refractivity contribution in [3.05, 3.63) is 29.8 Å². The van der Waals surface area contributed by atoms with Gasteiger partial charge in [0.25, 0.3) is 0 Å². The summed E-state index contributed by atoms with van der Waals surface area (Å²) >= 11 is 0. The van der Waals surface area contributed by atoms with Crippen molar-refractivity contribution in [3.63, 3.8) is 0 Å². The van der Waals surface area contributed by atoms with Gasteiger partial charge in [-0.15, -0.1) is 0 Å². The Morgan fingerprint density at radius 2 is 1.86 bits per heavy atom. The third kappa shape index (κ3) is 2.35. The Kier molecular flexibility index (Phi) is 3.77. The molecule has 1 saturated carbocycles. The maximum Gasteiger partial charge on any atom is 0.122 e. The van der Waals surface area contributed by atoms with Crippen LogP contribution in [0.4, 0.5) is 0 Å². The van der Waals surface area contributed by atoms with Crippen LogP contribution >= 0.6 is 0 Å². The number of nitrogens with zero attached hydrogens (tertiary/aromatic N) is 1. The molecule has 0 spiro atoms. The number of benzene rings is 1. The minimum atomic E-state index is -0.0998. The molecule has 3 nitrogen and oxygen atoms in total. The second-order valence-corrected chi connectivity index (χ2v) is 7.98. The van der Waals surface area contributed by atoms with Gasteiger partial charge < -0.3 is 4.74 Å². The lowest BCUT2D eigenvalue weighted by Crippen LogP contribution is -2.48. The summed E-state index contributed by atoms with van der Waals surface area (Å²) in [5.41, 5.74) is 1.38. The van der Waals surface area contributed by atoms with Gasteiger partial charge in [-0.3, -0.25) is 4.84 Å². The predicted molar refractivity (Wildman–Crippen MR) is 88.9 cm³/mol. The molecule has 0 N–H and O–H groups in total. The number of para-hydroxylation sites is 1. The van der Waals surface area contributed by atoms with Crippen LogP contribution in [0, 0.1) is 11.8 Å². The first-order chi connectivity index (χ1) is 10.3. The monoisotopic (exact) mass is 303 g/mol. The van der Waals surface area contributed by atoms with Crippen molar-refractivity contribution in [2.45, 2.75) is 57.6 Å². The van der Waals surface area contributed by atoms with E-state index < -0.39 is 0 Å². The molecule has 4 atom stereocenters. The predicted octanol–water partition coefficient (Wildman–Crippen LogP) is 4.02. The third-order valence-corrected chi connectivity index (χ3v) is 5.89. The number of hydrogen-bond acceptors (Lipinski definition) is 3. The van der Waals surface area contributed by atoms with Crippen molar-refractivity contribution < 1.29 is 9.57 Å². The molecule has 2 aliphatic rings. The minimum Gasteiger partial charge on any atom is -0.496 e. The summed E-state index contributed by atoms with van der Waals surface area (Å²) in [4.78, 5) is 6.15. The SMILES string of the molecule is COc1ccccc1[C@@]1(C)C[C@@H]2[C@@H]([C@@H](C)C1)N(C)OC2(C)C. The standard InChI is InChI=1S/C19H29NO2/c1-13-11-19(4,14-9-7-8-10-16(14)21-6)12-15-17(13)20(5)22-18(15,2)3/h7-10,13,15,17H,11-12H2,1-6H3/t13-,15+,17+,19+/m0/s1. The number of hydrogen-bond donors (Lipinski definition) is 0. The number of fused-ring (bicyclic) bond motifs is 1. The van der Waals surface area contributed by atoms with Crippen molar-refractivity contribution in [2.75, 3.05) is 14.2 Å². The molecule has 3 rings (SSSR count). The molecule has 2 fully saturated rings. The zero-order valence-electron chi connectivity index (χ0n) is 14.7. The molecule has 1 aromatic rings. The zero-order chi connectivity index (χ0) is 16.1. The fourth-order valence-electron chi connectivity index (χ4n) is 5.05. The van der Waals surface area contributed by atoms with Crippen LogP contribution in [0.15, 0.2) is 24.3 Å². The van der Waals surface area contributed by atoms with E-state index in [4.69, 9.17) is 9.57 Å². The van der Waals surface area contributed by atoms with E-state index in [1.165, 1.54) is 12.0 Å². The molecule has 0 radical (unpaired) electrons. The summed E-state index contributed by atoms with van der Waals surface area (Å²) in [6.45, 7) is 9.22. The summed E-state index contributed by atoms with van der Waals surface area (Å²) in [6.07, 6.45) is 2.30. The molecule has 1 saturated heterocycles. The highest BCUT2D eigenvalue weighted by molar-refractivity contribution is 5.40. The van der Waals surface area contributed by atoms with Crippen LogP contribution in [0.2, 0.25) is 0 Å². The third-order valence-electron chi connectivity index (χ3n) is 5.89. The first-order valence-corrected chi connectivity index (χ1v) is 8.34. The van der Waals surface area contributed by atoms with Gasteiger partial charge in [0.05, 0.1) is 12.7 Å².